The number of carbonyl (C=O) groups is 2. The molecule has 1 fully saturated rings. The highest BCUT2D eigenvalue weighted by Crippen LogP contribution is 2.62. The van der Waals surface area contributed by atoms with Crippen molar-refractivity contribution in [2.24, 2.45) is 28.6 Å². The summed E-state index contributed by atoms with van der Waals surface area (Å²) >= 11 is 0. The largest absolute Gasteiger partial charge is 0.478 e. The summed E-state index contributed by atoms with van der Waals surface area (Å²) < 4.78 is 5.08. The lowest BCUT2D eigenvalue weighted by atomic mass is 9.46. The number of carboxylic acids is 1. The third-order valence-corrected chi connectivity index (χ3v) is 7.53. The Kier molecular flexibility index (Phi) is 6.57. The molecule has 0 aliphatic heterocycles. The molecule has 1 saturated carbocycles. The zero-order valence-corrected chi connectivity index (χ0v) is 17.1. The van der Waals surface area contributed by atoms with Gasteiger partial charge in [-0.25, -0.2) is 4.79 Å². The molecule has 2 aliphatic rings. The predicted molar refractivity (Wildman–Crippen MR) is 103 cm³/mol. The first kappa shape index (κ1) is 21.0. The number of carboxylic acid groups (broad SMARTS) is 1. The molecular weight excluding hydrogens is 328 g/mol. The van der Waals surface area contributed by atoms with Gasteiger partial charge in [-0.15, -0.1) is 0 Å². The first-order valence-electron chi connectivity index (χ1n) is 10.2. The van der Waals surface area contributed by atoms with E-state index in [0.717, 1.165) is 44.9 Å². The van der Waals surface area contributed by atoms with Crippen LogP contribution in [0, 0.1) is 28.6 Å². The van der Waals surface area contributed by atoms with Gasteiger partial charge in [0.25, 0.3) is 0 Å². The molecule has 2 aliphatic carbocycles. The Labute approximate surface area is 158 Å². The molecular formula is C22H36O4. The second kappa shape index (κ2) is 8.14. The van der Waals surface area contributed by atoms with Gasteiger partial charge in [-0.05, 0) is 61.7 Å². The first-order chi connectivity index (χ1) is 12.1. The van der Waals surface area contributed by atoms with Crippen molar-refractivity contribution in [3.05, 3.63) is 11.6 Å². The summed E-state index contributed by atoms with van der Waals surface area (Å²) in [7, 11) is 0. The quantitative estimate of drug-likeness (QED) is 0.629. The highest BCUT2D eigenvalue weighted by atomic mass is 16.5. The molecule has 148 valence electrons. The molecule has 0 bridgehead atoms. The number of ether oxygens (including phenoxy) is 1. The van der Waals surface area contributed by atoms with Crippen LogP contribution in [0.25, 0.3) is 0 Å². The van der Waals surface area contributed by atoms with Crippen molar-refractivity contribution in [2.75, 3.05) is 6.61 Å². The number of esters is 1. The lowest BCUT2D eigenvalue weighted by molar-refractivity contribution is -0.141. The molecule has 1 N–H and O–H groups in total. The number of hydrogen-bond acceptors (Lipinski definition) is 3. The van der Waals surface area contributed by atoms with Gasteiger partial charge in [0.1, 0.15) is 0 Å². The van der Waals surface area contributed by atoms with Crippen LogP contribution in [0.2, 0.25) is 0 Å². The minimum atomic E-state index is -0.733. The number of rotatable bonds is 7. The van der Waals surface area contributed by atoms with Crippen LogP contribution in [0.15, 0.2) is 11.6 Å². The van der Waals surface area contributed by atoms with Crippen molar-refractivity contribution in [3.63, 3.8) is 0 Å². The number of carbonyl (C=O) groups excluding carboxylic acids is 1. The van der Waals surface area contributed by atoms with E-state index in [2.05, 4.69) is 27.7 Å². The maximum Gasteiger partial charge on any atom is 0.331 e. The fraction of sp³-hybridized carbons (Fsp3) is 0.818. The van der Waals surface area contributed by atoms with E-state index in [-0.39, 0.29) is 16.8 Å². The molecule has 0 saturated heterocycles. The standard InChI is InChI=1S/C22H36O4/c1-15(11-14-26-17(3)23)9-12-21(4)16(2)10-13-22(5)18(20(24)25)7-6-8-19(21)22/h7,15-16,19H,6,8-14H2,1-5H3,(H,24,25). The molecule has 4 nitrogen and oxygen atoms in total. The van der Waals surface area contributed by atoms with Crippen LogP contribution in [0.5, 0.6) is 0 Å². The van der Waals surface area contributed by atoms with Gasteiger partial charge in [0.05, 0.1) is 6.61 Å². The third kappa shape index (κ3) is 4.15. The van der Waals surface area contributed by atoms with Crippen molar-refractivity contribution in [2.45, 2.75) is 79.6 Å². The number of hydrogen-bond donors (Lipinski definition) is 1. The lowest BCUT2D eigenvalue weighted by Crippen LogP contribution is -2.51. The Morgan fingerprint density at radius 1 is 1.31 bits per heavy atom. The summed E-state index contributed by atoms with van der Waals surface area (Å²) in [5, 5.41) is 9.73. The second-order valence-corrected chi connectivity index (χ2v) is 9.19. The average molecular weight is 365 g/mol. The molecule has 0 spiro atoms. The molecule has 5 atom stereocenters. The van der Waals surface area contributed by atoms with E-state index in [4.69, 9.17) is 4.74 Å². The van der Waals surface area contributed by atoms with Gasteiger partial charge in [0, 0.05) is 17.9 Å². The summed E-state index contributed by atoms with van der Waals surface area (Å²) in [5.74, 6) is 0.592. The van der Waals surface area contributed by atoms with E-state index in [1.807, 2.05) is 6.08 Å². The van der Waals surface area contributed by atoms with E-state index in [0.29, 0.717) is 29.9 Å². The van der Waals surface area contributed by atoms with Crippen LogP contribution >= 0.6 is 0 Å². The zero-order chi connectivity index (χ0) is 19.5. The smallest absolute Gasteiger partial charge is 0.331 e. The van der Waals surface area contributed by atoms with Crippen LogP contribution in [0.4, 0.5) is 0 Å². The van der Waals surface area contributed by atoms with Gasteiger partial charge >= 0.3 is 11.9 Å². The maximum absolute atomic E-state index is 11.8. The van der Waals surface area contributed by atoms with Crippen molar-refractivity contribution in [1.29, 1.82) is 0 Å². The molecule has 0 heterocycles. The van der Waals surface area contributed by atoms with E-state index in [1.165, 1.54) is 6.92 Å². The van der Waals surface area contributed by atoms with E-state index >= 15 is 0 Å². The van der Waals surface area contributed by atoms with Crippen molar-refractivity contribution < 1.29 is 19.4 Å². The second-order valence-electron chi connectivity index (χ2n) is 9.19. The molecule has 4 heteroatoms. The van der Waals surface area contributed by atoms with E-state index in [1.54, 1.807) is 0 Å². The zero-order valence-electron chi connectivity index (χ0n) is 17.1. The van der Waals surface area contributed by atoms with E-state index < -0.39 is 5.97 Å². The van der Waals surface area contributed by atoms with Crippen LogP contribution < -0.4 is 0 Å². The van der Waals surface area contributed by atoms with Crippen molar-refractivity contribution >= 4 is 11.9 Å². The normalized spacial score (nSPS) is 35.2. The van der Waals surface area contributed by atoms with Crippen LogP contribution in [0.1, 0.15) is 79.6 Å². The highest BCUT2D eigenvalue weighted by molar-refractivity contribution is 5.88. The Balaban J connectivity index is 2.09. The van der Waals surface area contributed by atoms with Gasteiger partial charge in [-0.3, -0.25) is 4.79 Å². The molecule has 26 heavy (non-hydrogen) atoms. The Morgan fingerprint density at radius 3 is 2.62 bits per heavy atom. The fourth-order valence-corrected chi connectivity index (χ4v) is 5.55. The van der Waals surface area contributed by atoms with Crippen molar-refractivity contribution in [1.82, 2.24) is 0 Å². The molecule has 0 radical (unpaired) electrons. The van der Waals surface area contributed by atoms with Crippen molar-refractivity contribution in [3.8, 4) is 0 Å². The third-order valence-electron chi connectivity index (χ3n) is 7.53. The fourth-order valence-electron chi connectivity index (χ4n) is 5.55. The minimum absolute atomic E-state index is 0.164. The topological polar surface area (TPSA) is 63.6 Å². The van der Waals surface area contributed by atoms with Gasteiger partial charge in [-0.2, -0.15) is 0 Å². The van der Waals surface area contributed by atoms with Gasteiger partial charge in [-0.1, -0.05) is 40.2 Å². The Bertz CT molecular complexity index is 566. The predicted octanol–water partition coefficient (Wildman–Crippen LogP) is 5.22. The molecule has 0 aromatic rings. The minimum Gasteiger partial charge on any atom is -0.478 e. The van der Waals surface area contributed by atoms with Gasteiger partial charge < -0.3 is 9.84 Å². The average Bonchev–Trinajstić information content (AvgIpc) is 2.56. The SMILES string of the molecule is CC(=O)OCCC(C)CCC1(C)C(C)CCC2(C)C(C(=O)O)=CCCC21. The highest BCUT2D eigenvalue weighted by Gasteiger charge is 2.55. The number of allylic oxidation sites excluding steroid dienone is 1. The first-order valence-corrected chi connectivity index (χ1v) is 10.2. The lowest BCUT2D eigenvalue weighted by Gasteiger charge is -2.57. The molecule has 0 amide bonds. The molecule has 5 unspecified atom stereocenters. The van der Waals surface area contributed by atoms with E-state index in [9.17, 15) is 14.7 Å². The summed E-state index contributed by atoms with van der Waals surface area (Å²) in [6, 6.07) is 0. The van der Waals surface area contributed by atoms with Crippen LogP contribution in [-0.2, 0) is 14.3 Å². The number of fused-ring (bicyclic) bond motifs is 1. The van der Waals surface area contributed by atoms with Gasteiger partial charge in [0.2, 0.25) is 0 Å². The van der Waals surface area contributed by atoms with Gasteiger partial charge in [0.15, 0.2) is 0 Å². The molecule has 2 rings (SSSR count). The summed E-state index contributed by atoms with van der Waals surface area (Å²) in [4.78, 5) is 22.8. The van der Waals surface area contributed by atoms with Crippen LogP contribution in [0.3, 0.4) is 0 Å². The Hall–Kier alpha value is -1.32. The monoisotopic (exact) mass is 364 g/mol. The maximum atomic E-state index is 11.8. The Morgan fingerprint density at radius 2 is 2.00 bits per heavy atom. The molecule has 0 aromatic carbocycles. The number of aliphatic carboxylic acids is 1. The molecule has 0 aromatic heterocycles. The van der Waals surface area contributed by atoms with Crippen LogP contribution in [-0.4, -0.2) is 23.7 Å². The summed E-state index contributed by atoms with van der Waals surface area (Å²) in [6.45, 7) is 11.1. The summed E-state index contributed by atoms with van der Waals surface area (Å²) in [5.41, 5.74) is 0.610. The summed E-state index contributed by atoms with van der Waals surface area (Å²) in [6.07, 6.45) is 9.12.